The first kappa shape index (κ1) is 15.5. The summed E-state index contributed by atoms with van der Waals surface area (Å²) in [5.41, 5.74) is 7.34. The Morgan fingerprint density at radius 3 is 2.75 bits per heavy atom. The summed E-state index contributed by atoms with van der Waals surface area (Å²) in [6.07, 6.45) is 0.521. The molecule has 2 N–H and O–H groups in total. The van der Waals surface area contributed by atoms with E-state index in [0.29, 0.717) is 5.75 Å². The summed E-state index contributed by atoms with van der Waals surface area (Å²) in [6, 6.07) is 6.31. The highest BCUT2D eigenvalue weighted by Crippen LogP contribution is 2.35. The van der Waals surface area contributed by atoms with Crippen molar-refractivity contribution in [3.05, 3.63) is 50.4 Å². The maximum Gasteiger partial charge on any atom is 0.148 e. The molecule has 0 fully saturated rings. The molecule has 0 radical (unpaired) electrons. The van der Waals surface area contributed by atoms with Gasteiger partial charge in [0, 0.05) is 17.0 Å². The van der Waals surface area contributed by atoms with Crippen LogP contribution in [0.3, 0.4) is 0 Å². The molecule has 108 valence electrons. The molecule has 0 saturated heterocycles. The van der Waals surface area contributed by atoms with Gasteiger partial charge < -0.3 is 10.5 Å². The highest BCUT2D eigenvalue weighted by molar-refractivity contribution is 9.10. The van der Waals surface area contributed by atoms with E-state index in [-0.39, 0.29) is 18.0 Å². The Balaban J connectivity index is 2.33. The number of halogens is 2. The third-order valence-corrected chi connectivity index (χ3v) is 4.90. The van der Waals surface area contributed by atoms with Gasteiger partial charge in [-0.25, -0.2) is 4.39 Å². The Hall–Kier alpha value is -0.910. The van der Waals surface area contributed by atoms with E-state index in [9.17, 15) is 4.39 Å². The van der Waals surface area contributed by atoms with Crippen molar-refractivity contribution in [3.8, 4) is 5.75 Å². The van der Waals surface area contributed by atoms with Gasteiger partial charge in [0.15, 0.2) is 0 Å². The molecule has 20 heavy (non-hydrogen) atoms. The van der Waals surface area contributed by atoms with Gasteiger partial charge in [-0.15, -0.1) is 11.3 Å². The molecule has 0 aliphatic carbocycles. The van der Waals surface area contributed by atoms with Crippen LogP contribution in [0.4, 0.5) is 4.39 Å². The molecule has 1 aromatic carbocycles. The molecule has 0 aliphatic heterocycles. The zero-order valence-corrected chi connectivity index (χ0v) is 13.8. The third-order valence-electron chi connectivity index (χ3n) is 3.17. The number of hydrogen-bond acceptors (Lipinski definition) is 3. The fraction of sp³-hybridized carbons (Fsp3) is 0.333. The molecule has 0 aliphatic rings. The van der Waals surface area contributed by atoms with Crippen molar-refractivity contribution in [3.63, 3.8) is 0 Å². The van der Waals surface area contributed by atoms with Crippen molar-refractivity contribution in [2.75, 3.05) is 0 Å². The molecule has 0 spiro atoms. The van der Waals surface area contributed by atoms with Gasteiger partial charge in [-0.3, -0.25) is 0 Å². The van der Waals surface area contributed by atoms with Crippen molar-refractivity contribution in [1.29, 1.82) is 0 Å². The van der Waals surface area contributed by atoms with Crippen LogP contribution in [-0.2, 0) is 0 Å². The number of nitrogens with two attached hydrogens (primary N) is 1. The number of benzene rings is 1. The standard InChI is InChI=1S/C15H17BrFNOS/c1-3-12(18)14(15-9(2)6-7-20-15)19-13-8-10(17)4-5-11(13)16/h4-8,12,14H,3,18H2,1-2H3. The number of rotatable bonds is 5. The maximum atomic E-state index is 13.4. The topological polar surface area (TPSA) is 35.2 Å². The summed E-state index contributed by atoms with van der Waals surface area (Å²) in [7, 11) is 0. The largest absolute Gasteiger partial charge is 0.482 e. The molecule has 2 rings (SSSR count). The number of ether oxygens (including phenoxy) is 1. The van der Waals surface area contributed by atoms with Gasteiger partial charge in [0.05, 0.1) is 4.47 Å². The summed E-state index contributed by atoms with van der Waals surface area (Å²) < 4.78 is 20.1. The second-order valence-electron chi connectivity index (χ2n) is 4.65. The van der Waals surface area contributed by atoms with Crippen LogP contribution in [0.2, 0.25) is 0 Å². The molecule has 0 saturated carbocycles. The van der Waals surface area contributed by atoms with Crippen molar-refractivity contribution < 1.29 is 9.13 Å². The van der Waals surface area contributed by atoms with E-state index in [4.69, 9.17) is 10.5 Å². The fourth-order valence-electron chi connectivity index (χ4n) is 1.93. The van der Waals surface area contributed by atoms with Crippen LogP contribution in [0.1, 0.15) is 29.9 Å². The molecule has 2 unspecified atom stereocenters. The summed E-state index contributed by atoms with van der Waals surface area (Å²) in [6.45, 7) is 4.05. The number of hydrogen-bond donors (Lipinski definition) is 1. The van der Waals surface area contributed by atoms with E-state index >= 15 is 0 Å². The molecule has 5 heteroatoms. The van der Waals surface area contributed by atoms with Gasteiger partial charge in [0.1, 0.15) is 17.7 Å². The minimum absolute atomic E-state index is 0.137. The van der Waals surface area contributed by atoms with Crippen LogP contribution in [0.5, 0.6) is 5.75 Å². The first-order valence-corrected chi connectivity index (χ1v) is 8.11. The predicted octanol–water partition coefficient (Wildman–Crippen LogP) is 4.82. The fourth-order valence-corrected chi connectivity index (χ4v) is 3.30. The van der Waals surface area contributed by atoms with Crippen LogP contribution >= 0.6 is 27.3 Å². The van der Waals surface area contributed by atoms with E-state index in [1.807, 2.05) is 25.3 Å². The smallest absolute Gasteiger partial charge is 0.148 e. The van der Waals surface area contributed by atoms with Gasteiger partial charge in [0.25, 0.3) is 0 Å². The van der Waals surface area contributed by atoms with Gasteiger partial charge in [-0.05, 0) is 58.4 Å². The van der Waals surface area contributed by atoms with Crippen LogP contribution in [0, 0.1) is 12.7 Å². The average Bonchev–Trinajstić information content (AvgIpc) is 2.85. The zero-order chi connectivity index (χ0) is 14.7. The molecule has 2 nitrogen and oxygen atoms in total. The number of thiophene rings is 1. The second kappa shape index (κ2) is 6.70. The average molecular weight is 358 g/mol. The van der Waals surface area contributed by atoms with Crippen LogP contribution in [-0.4, -0.2) is 6.04 Å². The lowest BCUT2D eigenvalue weighted by Crippen LogP contribution is -2.31. The second-order valence-corrected chi connectivity index (χ2v) is 6.46. The summed E-state index contributed by atoms with van der Waals surface area (Å²) in [4.78, 5) is 1.09. The number of aryl methyl sites for hydroxylation is 1. The van der Waals surface area contributed by atoms with Gasteiger partial charge in [0.2, 0.25) is 0 Å². The third kappa shape index (κ3) is 3.40. The van der Waals surface area contributed by atoms with Crippen molar-refractivity contribution in [2.24, 2.45) is 5.73 Å². The zero-order valence-electron chi connectivity index (χ0n) is 11.4. The first-order valence-electron chi connectivity index (χ1n) is 6.44. The summed E-state index contributed by atoms with van der Waals surface area (Å²) in [5, 5.41) is 2.02. The summed E-state index contributed by atoms with van der Waals surface area (Å²) >= 11 is 5.00. The first-order chi connectivity index (χ1) is 9.52. The van der Waals surface area contributed by atoms with E-state index in [1.165, 1.54) is 12.1 Å². The lowest BCUT2D eigenvalue weighted by Gasteiger charge is -2.24. The Bertz CT molecular complexity index is 587. The molecule has 2 atom stereocenters. The molecule has 0 amide bonds. The Morgan fingerprint density at radius 2 is 2.15 bits per heavy atom. The normalized spacial score (nSPS) is 14.1. The van der Waals surface area contributed by atoms with E-state index in [1.54, 1.807) is 17.4 Å². The molecule has 0 bridgehead atoms. The van der Waals surface area contributed by atoms with Crippen LogP contribution in [0.25, 0.3) is 0 Å². The lowest BCUT2D eigenvalue weighted by atomic mass is 10.1. The van der Waals surface area contributed by atoms with Crippen molar-refractivity contribution >= 4 is 27.3 Å². The van der Waals surface area contributed by atoms with Crippen molar-refractivity contribution in [2.45, 2.75) is 32.4 Å². The van der Waals surface area contributed by atoms with E-state index in [0.717, 1.165) is 21.3 Å². The highest BCUT2D eigenvalue weighted by Gasteiger charge is 2.24. The maximum absolute atomic E-state index is 13.4. The quantitative estimate of drug-likeness (QED) is 0.832. The Morgan fingerprint density at radius 1 is 1.40 bits per heavy atom. The minimum atomic E-state index is -0.324. The minimum Gasteiger partial charge on any atom is -0.482 e. The molecule has 2 aromatic rings. The Labute approximate surface area is 130 Å². The highest BCUT2D eigenvalue weighted by atomic mass is 79.9. The Kier molecular flexibility index (Phi) is 5.18. The monoisotopic (exact) mass is 357 g/mol. The van der Waals surface area contributed by atoms with Crippen molar-refractivity contribution in [1.82, 2.24) is 0 Å². The van der Waals surface area contributed by atoms with Crippen LogP contribution < -0.4 is 10.5 Å². The summed E-state index contributed by atoms with van der Waals surface area (Å²) in [5.74, 6) is 0.154. The molecule has 1 heterocycles. The molecular weight excluding hydrogens is 341 g/mol. The predicted molar refractivity (Wildman–Crippen MR) is 84.8 cm³/mol. The van der Waals surface area contributed by atoms with Gasteiger partial charge >= 0.3 is 0 Å². The van der Waals surface area contributed by atoms with E-state index in [2.05, 4.69) is 15.9 Å². The molecular formula is C15H17BrFNOS. The van der Waals surface area contributed by atoms with E-state index < -0.39 is 0 Å². The van der Waals surface area contributed by atoms with Crippen LogP contribution in [0.15, 0.2) is 34.1 Å². The SMILES string of the molecule is CCC(N)C(Oc1cc(F)ccc1Br)c1sccc1C. The molecule has 1 aromatic heterocycles. The lowest BCUT2D eigenvalue weighted by molar-refractivity contribution is 0.172. The van der Waals surface area contributed by atoms with Gasteiger partial charge in [-0.2, -0.15) is 0 Å². The van der Waals surface area contributed by atoms with Gasteiger partial charge in [-0.1, -0.05) is 6.92 Å².